The molecule has 0 spiro atoms. The number of nitrogens with one attached hydrogen (secondary N) is 1. The zero-order chi connectivity index (χ0) is 18.0. The van der Waals surface area contributed by atoms with Crippen molar-refractivity contribution in [3.63, 3.8) is 0 Å². The Kier molecular flexibility index (Phi) is 5.36. The van der Waals surface area contributed by atoms with Crippen LogP contribution in [0.5, 0.6) is 0 Å². The predicted molar refractivity (Wildman–Crippen MR) is 92.6 cm³/mol. The van der Waals surface area contributed by atoms with Crippen molar-refractivity contribution in [1.82, 2.24) is 15.2 Å². The first-order valence-electron chi connectivity index (χ1n) is 8.71. The summed E-state index contributed by atoms with van der Waals surface area (Å²) in [6.45, 7) is 3.47. The highest BCUT2D eigenvalue weighted by Crippen LogP contribution is 2.32. The van der Waals surface area contributed by atoms with Crippen molar-refractivity contribution in [2.45, 2.75) is 39.0 Å². The summed E-state index contributed by atoms with van der Waals surface area (Å²) < 4.78 is 0. The molecule has 0 aromatic carbocycles. The van der Waals surface area contributed by atoms with Gasteiger partial charge in [-0.15, -0.1) is 11.3 Å². The van der Waals surface area contributed by atoms with Crippen LogP contribution in [0.4, 0.5) is 0 Å². The van der Waals surface area contributed by atoms with Crippen LogP contribution in [-0.4, -0.2) is 52.4 Å². The maximum absolute atomic E-state index is 12.3. The number of aromatic nitrogens is 1. The second-order valence-corrected chi connectivity index (χ2v) is 7.83. The van der Waals surface area contributed by atoms with E-state index >= 15 is 0 Å². The lowest BCUT2D eigenvalue weighted by Gasteiger charge is -2.31. The molecule has 3 rings (SSSR count). The van der Waals surface area contributed by atoms with Crippen LogP contribution < -0.4 is 5.32 Å². The molecule has 8 heteroatoms. The molecule has 1 saturated heterocycles. The van der Waals surface area contributed by atoms with Gasteiger partial charge in [0.2, 0.25) is 11.8 Å². The minimum atomic E-state index is -0.960. The van der Waals surface area contributed by atoms with Crippen molar-refractivity contribution >= 4 is 29.1 Å². The summed E-state index contributed by atoms with van der Waals surface area (Å²) in [6.07, 6.45) is 3.98. The number of thiazole rings is 1. The third-order valence-electron chi connectivity index (χ3n) is 4.78. The molecule has 1 aromatic heterocycles. The fraction of sp³-hybridized carbons (Fsp3) is 0.647. The molecule has 0 bridgehead atoms. The lowest BCUT2D eigenvalue weighted by atomic mass is 9.95. The summed E-state index contributed by atoms with van der Waals surface area (Å²) in [6, 6.07) is 0. The van der Waals surface area contributed by atoms with Crippen LogP contribution in [0.25, 0.3) is 0 Å². The maximum atomic E-state index is 12.3. The molecule has 1 aromatic rings. The van der Waals surface area contributed by atoms with Gasteiger partial charge >= 0.3 is 5.97 Å². The Morgan fingerprint density at radius 3 is 2.44 bits per heavy atom. The SMILES string of the molecule is Cc1nc(CCNC(=O)C2CCN(C(=O)C3CC3)CC2)sc1C(=O)O. The molecular weight excluding hydrogens is 342 g/mol. The maximum Gasteiger partial charge on any atom is 0.347 e. The van der Waals surface area contributed by atoms with Crippen molar-refractivity contribution in [3.05, 3.63) is 15.6 Å². The number of nitrogens with zero attached hydrogens (tertiary/aromatic N) is 2. The van der Waals surface area contributed by atoms with Crippen molar-refractivity contribution < 1.29 is 19.5 Å². The molecule has 2 aliphatic rings. The molecule has 2 heterocycles. The first kappa shape index (κ1) is 17.8. The zero-order valence-corrected chi connectivity index (χ0v) is 15.1. The lowest BCUT2D eigenvalue weighted by Crippen LogP contribution is -2.43. The molecule has 2 N–H and O–H groups in total. The van der Waals surface area contributed by atoms with Crippen LogP contribution in [0.15, 0.2) is 0 Å². The highest BCUT2D eigenvalue weighted by atomic mass is 32.1. The van der Waals surface area contributed by atoms with Gasteiger partial charge in [0, 0.05) is 37.9 Å². The van der Waals surface area contributed by atoms with E-state index in [-0.39, 0.29) is 28.5 Å². The van der Waals surface area contributed by atoms with E-state index in [1.54, 1.807) is 6.92 Å². The number of aromatic carboxylic acids is 1. The average Bonchev–Trinajstić information content (AvgIpc) is 3.37. The number of aryl methyl sites for hydroxylation is 1. The van der Waals surface area contributed by atoms with Gasteiger partial charge in [0.05, 0.1) is 10.7 Å². The van der Waals surface area contributed by atoms with Gasteiger partial charge in [-0.25, -0.2) is 9.78 Å². The highest BCUT2D eigenvalue weighted by molar-refractivity contribution is 7.13. The van der Waals surface area contributed by atoms with Gasteiger partial charge in [-0.2, -0.15) is 0 Å². The second-order valence-electron chi connectivity index (χ2n) is 6.74. The smallest absolute Gasteiger partial charge is 0.347 e. The predicted octanol–water partition coefficient (Wildman–Crippen LogP) is 1.46. The van der Waals surface area contributed by atoms with Gasteiger partial charge in [-0.3, -0.25) is 9.59 Å². The number of amides is 2. The van der Waals surface area contributed by atoms with E-state index in [0.717, 1.165) is 29.2 Å². The van der Waals surface area contributed by atoms with Crippen LogP contribution in [-0.2, 0) is 16.0 Å². The Hall–Kier alpha value is -1.96. The van der Waals surface area contributed by atoms with Crippen LogP contribution >= 0.6 is 11.3 Å². The van der Waals surface area contributed by atoms with Crippen LogP contribution in [0, 0.1) is 18.8 Å². The highest BCUT2D eigenvalue weighted by Gasteiger charge is 2.35. The monoisotopic (exact) mass is 365 g/mol. The molecule has 2 fully saturated rings. The Morgan fingerprint density at radius 1 is 1.20 bits per heavy atom. The van der Waals surface area contributed by atoms with E-state index in [1.807, 2.05) is 4.90 Å². The van der Waals surface area contributed by atoms with Crippen molar-refractivity contribution in [2.24, 2.45) is 11.8 Å². The summed E-state index contributed by atoms with van der Waals surface area (Å²) in [5.41, 5.74) is 0.520. The van der Waals surface area contributed by atoms with E-state index in [4.69, 9.17) is 5.11 Å². The summed E-state index contributed by atoms with van der Waals surface area (Å²) in [4.78, 5) is 41.7. The molecular formula is C17H23N3O4S. The number of rotatable bonds is 6. The number of piperidine rings is 1. The summed E-state index contributed by atoms with van der Waals surface area (Å²) >= 11 is 1.16. The van der Waals surface area contributed by atoms with Crippen LogP contribution in [0.3, 0.4) is 0 Å². The first-order chi connectivity index (χ1) is 12.0. The summed E-state index contributed by atoms with van der Waals surface area (Å²) in [5, 5.41) is 12.7. The fourth-order valence-electron chi connectivity index (χ4n) is 3.15. The topological polar surface area (TPSA) is 99.6 Å². The summed E-state index contributed by atoms with van der Waals surface area (Å²) in [5.74, 6) is -0.492. The fourth-order valence-corrected chi connectivity index (χ4v) is 4.05. The van der Waals surface area contributed by atoms with Crippen molar-refractivity contribution in [1.29, 1.82) is 0 Å². The largest absolute Gasteiger partial charge is 0.477 e. The number of carbonyl (C=O) groups excluding carboxylic acids is 2. The van der Waals surface area contributed by atoms with E-state index < -0.39 is 5.97 Å². The Balaban J connectivity index is 1.40. The number of carboxylic acids is 1. The molecule has 0 radical (unpaired) electrons. The number of likely N-dealkylation sites (tertiary alicyclic amines) is 1. The molecule has 0 unspecified atom stereocenters. The van der Waals surface area contributed by atoms with Crippen molar-refractivity contribution in [3.8, 4) is 0 Å². The second kappa shape index (κ2) is 7.51. The molecule has 1 aliphatic heterocycles. The first-order valence-corrected chi connectivity index (χ1v) is 9.53. The lowest BCUT2D eigenvalue weighted by molar-refractivity contribution is -0.136. The van der Waals surface area contributed by atoms with E-state index in [0.29, 0.717) is 44.6 Å². The van der Waals surface area contributed by atoms with Crippen molar-refractivity contribution in [2.75, 3.05) is 19.6 Å². The number of hydrogen-bond donors (Lipinski definition) is 2. The van der Waals surface area contributed by atoms with Gasteiger partial charge in [0.1, 0.15) is 4.88 Å². The number of hydrogen-bond acceptors (Lipinski definition) is 5. The Morgan fingerprint density at radius 2 is 1.88 bits per heavy atom. The zero-order valence-electron chi connectivity index (χ0n) is 14.3. The third-order valence-corrected chi connectivity index (χ3v) is 5.98. The minimum Gasteiger partial charge on any atom is -0.477 e. The average molecular weight is 365 g/mol. The van der Waals surface area contributed by atoms with Gasteiger partial charge in [-0.05, 0) is 32.6 Å². The molecule has 7 nitrogen and oxygen atoms in total. The standard InChI is InChI=1S/C17H23N3O4S/c1-10-14(17(23)24)25-13(19-10)4-7-18-15(21)11-5-8-20(9-6-11)16(22)12-2-3-12/h11-12H,2-9H2,1H3,(H,18,21)(H,23,24). The number of carboxylic acid groups (broad SMARTS) is 1. The Labute approximate surface area is 150 Å². The van der Waals surface area contributed by atoms with Gasteiger partial charge in [-0.1, -0.05) is 0 Å². The van der Waals surface area contributed by atoms with Crippen LogP contribution in [0.1, 0.15) is 46.1 Å². The number of carbonyl (C=O) groups is 3. The van der Waals surface area contributed by atoms with Gasteiger partial charge < -0.3 is 15.3 Å². The third kappa shape index (κ3) is 4.36. The minimum absolute atomic E-state index is 0.0188. The molecule has 1 saturated carbocycles. The molecule has 25 heavy (non-hydrogen) atoms. The normalized spacial score (nSPS) is 18.2. The van der Waals surface area contributed by atoms with Gasteiger partial charge in [0.25, 0.3) is 0 Å². The summed E-state index contributed by atoms with van der Waals surface area (Å²) in [7, 11) is 0. The van der Waals surface area contributed by atoms with E-state index in [2.05, 4.69) is 10.3 Å². The quantitative estimate of drug-likeness (QED) is 0.795. The molecule has 0 atom stereocenters. The molecule has 1 aliphatic carbocycles. The Bertz CT molecular complexity index is 675. The van der Waals surface area contributed by atoms with E-state index in [9.17, 15) is 14.4 Å². The molecule has 2 amide bonds. The van der Waals surface area contributed by atoms with Crippen LogP contribution in [0.2, 0.25) is 0 Å². The van der Waals surface area contributed by atoms with E-state index in [1.165, 1.54) is 0 Å². The molecule has 136 valence electrons. The van der Waals surface area contributed by atoms with Gasteiger partial charge in [0.15, 0.2) is 0 Å².